The number of halogens is 3. The van der Waals surface area contributed by atoms with Gasteiger partial charge in [-0.05, 0) is 24.3 Å². The lowest BCUT2D eigenvalue weighted by atomic mass is 10.3. The molecule has 0 fully saturated rings. The highest BCUT2D eigenvalue weighted by molar-refractivity contribution is 7.92. The second-order valence-corrected chi connectivity index (χ2v) is 6.27. The fourth-order valence-electron chi connectivity index (χ4n) is 1.35. The molecule has 0 amide bonds. The minimum atomic E-state index is -3.94. The van der Waals surface area contributed by atoms with Crippen LogP contribution in [0, 0.1) is 5.82 Å². The predicted octanol–water partition coefficient (Wildman–Crippen LogP) is 2.91. The highest BCUT2D eigenvalue weighted by Crippen LogP contribution is 2.24. The average molecular weight is 336 g/mol. The molecule has 0 aliphatic carbocycles. The van der Waals surface area contributed by atoms with Crippen molar-refractivity contribution in [2.45, 2.75) is 4.90 Å². The molecule has 0 unspecified atom stereocenters. The fraction of sp³-hybridized carbons (Fsp3) is 0. The van der Waals surface area contributed by atoms with Crippen LogP contribution in [0.2, 0.25) is 10.0 Å². The highest BCUT2D eigenvalue weighted by atomic mass is 35.5. The molecule has 1 aromatic heterocycles. The molecule has 0 atom stereocenters. The Morgan fingerprint density at radius 3 is 2.50 bits per heavy atom. The summed E-state index contributed by atoms with van der Waals surface area (Å²) >= 11 is 11.2. The van der Waals surface area contributed by atoms with Crippen molar-refractivity contribution >= 4 is 44.7 Å². The third-order valence-corrected chi connectivity index (χ3v) is 4.28. The van der Waals surface area contributed by atoms with E-state index < -0.39 is 15.8 Å². The normalized spacial score (nSPS) is 11.3. The Labute approximate surface area is 124 Å². The first kappa shape index (κ1) is 14.8. The molecule has 20 heavy (non-hydrogen) atoms. The number of anilines is 2. The number of sulfonamides is 1. The SMILES string of the molecule is Nc1ncc(S(=O)(=O)Nc2ccc(Cl)c(F)c2)cc1Cl. The van der Waals surface area contributed by atoms with Crippen LogP contribution in [-0.4, -0.2) is 13.4 Å². The molecule has 0 radical (unpaired) electrons. The number of hydrogen-bond donors (Lipinski definition) is 2. The summed E-state index contributed by atoms with van der Waals surface area (Å²) in [7, 11) is -3.94. The van der Waals surface area contributed by atoms with Crippen molar-refractivity contribution < 1.29 is 12.8 Å². The lowest BCUT2D eigenvalue weighted by Crippen LogP contribution is -2.13. The Balaban J connectivity index is 2.35. The van der Waals surface area contributed by atoms with Gasteiger partial charge in [-0.15, -0.1) is 0 Å². The maximum Gasteiger partial charge on any atom is 0.263 e. The van der Waals surface area contributed by atoms with E-state index in [4.69, 9.17) is 28.9 Å². The summed E-state index contributed by atoms with van der Waals surface area (Å²) in [5.74, 6) is -0.719. The van der Waals surface area contributed by atoms with Crippen LogP contribution in [0.15, 0.2) is 35.4 Å². The van der Waals surface area contributed by atoms with Crippen LogP contribution in [0.3, 0.4) is 0 Å². The number of benzene rings is 1. The Kier molecular flexibility index (Phi) is 4.03. The van der Waals surface area contributed by atoms with E-state index in [1.807, 2.05) is 0 Å². The van der Waals surface area contributed by atoms with Gasteiger partial charge in [-0.1, -0.05) is 23.2 Å². The van der Waals surface area contributed by atoms with Crippen molar-refractivity contribution in [1.82, 2.24) is 4.98 Å². The molecule has 106 valence electrons. The Morgan fingerprint density at radius 1 is 1.20 bits per heavy atom. The zero-order chi connectivity index (χ0) is 14.9. The van der Waals surface area contributed by atoms with Crippen molar-refractivity contribution in [1.29, 1.82) is 0 Å². The van der Waals surface area contributed by atoms with Gasteiger partial charge in [-0.25, -0.2) is 17.8 Å². The standard InChI is InChI=1S/C11H8Cl2FN3O2S/c12-8-2-1-6(3-10(8)14)17-20(18,19)7-4-9(13)11(15)16-5-7/h1-5,17H,(H2,15,16). The molecule has 0 saturated heterocycles. The van der Waals surface area contributed by atoms with Gasteiger partial charge in [0.2, 0.25) is 0 Å². The molecule has 0 aliphatic heterocycles. The maximum absolute atomic E-state index is 13.3. The summed E-state index contributed by atoms with van der Waals surface area (Å²) in [6.45, 7) is 0. The first-order chi connectivity index (χ1) is 9.29. The van der Waals surface area contributed by atoms with Gasteiger partial charge in [0.15, 0.2) is 0 Å². The number of nitrogens with one attached hydrogen (secondary N) is 1. The number of hydrogen-bond acceptors (Lipinski definition) is 4. The van der Waals surface area contributed by atoms with Crippen molar-refractivity contribution in [2.75, 3.05) is 10.5 Å². The van der Waals surface area contributed by atoms with Gasteiger partial charge < -0.3 is 5.73 Å². The van der Waals surface area contributed by atoms with Crippen LogP contribution < -0.4 is 10.5 Å². The third-order valence-electron chi connectivity index (χ3n) is 2.33. The quantitative estimate of drug-likeness (QED) is 0.902. The molecule has 1 heterocycles. The van der Waals surface area contributed by atoms with Crippen molar-refractivity contribution in [2.24, 2.45) is 0 Å². The van der Waals surface area contributed by atoms with E-state index in [0.29, 0.717) is 0 Å². The minimum Gasteiger partial charge on any atom is -0.382 e. The van der Waals surface area contributed by atoms with Crippen molar-refractivity contribution in [3.8, 4) is 0 Å². The van der Waals surface area contributed by atoms with E-state index in [2.05, 4.69) is 9.71 Å². The van der Waals surface area contributed by atoms with Crippen LogP contribution in [-0.2, 0) is 10.0 Å². The molecule has 0 spiro atoms. The Bertz CT molecular complexity index is 768. The van der Waals surface area contributed by atoms with E-state index in [1.165, 1.54) is 12.1 Å². The molecule has 2 aromatic rings. The number of nitrogens with two attached hydrogens (primary N) is 1. The lowest BCUT2D eigenvalue weighted by Gasteiger charge is -2.09. The van der Waals surface area contributed by atoms with Gasteiger partial charge >= 0.3 is 0 Å². The molecule has 0 saturated carbocycles. The number of rotatable bonds is 3. The summed E-state index contributed by atoms with van der Waals surface area (Å²) in [6.07, 6.45) is 1.05. The smallest absolute Gasteiger partial charge is 0.263 e. The minimum absolute atomic E-state index is 0.00941. The van der Waals surface area contributed by atoms with Crippen LogP contribution in [0.25, 0.3) is 0 Å². The fourth-order valence-corrected chi connectivity index (χ4v) is 2.72. The highest BCUT2D eigenvalue weighted by Gasteiger charge is 2.17. The molecule has 0 aliphatic rings. The topological polar surface area (TPSA) is 85.1 Å². The second kappa shape index (κ2) is 5.43. The van der Waals surface area contributed by atoms with E-state index in [0.717, 1.165) is 18.3 Å². The predicted molar refractivity (Wildman–Crippen MR) is 75.9 cm³/mol. The summed E-state index contributed by atoms with van der Waals surface area (Å²) < 4.78 is 39.6. The summed E-state index contributed by atoms with van der Waals surface area (Å²) in [5, 5.41) is -0.0969. The zero-order valence-electron chi connectivity index (χ0n) is 9.77. The molecule has 9 heteroatoms. The second-order valence-electron chi connectivity index (χ2n) is 3.77. The van der Waals surface area contributed by atoms with E-state index >= 15 is 0 Å². The Morgan fingerprint density at radius 2 is 1.90 bits per heavy atom. The molecule has 1 aromatic carbocycles. The number of nitrogen functional groups attached to an aromatic ring is 1. The third kappa shape index (κ3) is 3.12. The van der Waals surface area contributed by atoms with Crippen LogP contribution in [0.5, 0.6) is 0 Å². The first-order valence-corrected chi connectivity index (χ1v) is 7.42. The van der Waals surface area contributed by atoms with Gasteiger partial charge in [-0.2, -0.15) is 0 Å². The van der Waals surface area contributed by atoms with Gasteiger partial charge in [0.25, 0.3) is 10.0 Å². The number of aromatic nitrogens is 1. The number of nitrogens with zero attached hydrogens (tertiary/aromatic N) is 1. The van der Waals surface area contributed by atoms with E-state index in [9.17, 15) is 12.8 Å². The van der Waals surface area contributed by atoms with Gasteiger partial charge in [-0.3, -0.25) is 4.72 Å². The molecule has 5 nitrogen and oxygen atoms in total. The summed E-state index contributed by atoms with van der Waals surface area (Å²) in [5.41, 5.74) is 5.43. The van der Waals surface area contributed by atoms with Crippen molar-refractivity contribution in [3.63, 3.8) is 0 Å². The van der Waals surface area contributed by atoms with Gasteiger partial charge in [0, 0.05) is 6.20 Å². The largest absolute Gasteiger partial charge is 0.382 e. The summed E-state index contributed by atoms with van der Waals surface area (Å²) in [6, 6.07) is 4.68. The lowest BCUT2D eigenvalue weighted by molar-refractivity contribution is 0.600. The molecule has 3 N–H and O–H groups in total. The number of pyridine rings is 1. The molecular weight excluding hydrogens is 328 g/mol. The maximum atomic E-state index is 13.3. The van der Waals surface area contributed by atoms with E-state index in [-0.39, 0.29) is 26.4 Å². The molecule has 2 rings (SSSR count). The van der Waals surface area contributed by atoms with Gasteiger partial charge in [0.1, 0.15) is 16.5 Å². The summed E-state index contributed by atoms with van der Waals surface area (Å²) in [4.78, 5) is 3.46. The Hall–Kier alpha value is -1.57. The van der Waals surface area contributed by atoms with Crippen LogP contribution >= 0.6 is 23.2 Å². The molecule has 0 bridgehead atoms. The monoisotopic (exact) mass is 335 g/mol. The van der Waals surface area contributed by atoms with Crippen molar-refractivity contribution in [3.05, 3.63) is 46.3 Å². The van der Waals surface area contributed by atoms with Crippen LogP contribution in [0.4, 0.5) is 15.9 Å². The van der Waals surface area contributed by atoms with Gasteiger partial charge in [0.05, 0.1) is 15.7 Å². The zero-order valence-corrected chi connectivity index (χ0v) is 12.1. The average Bonchev–Trinajstić information content (AvgIpc) is 2.37. The first-order valence-electron chi connectivity index (χ1n) is 5.18. The molecular formula is C11H8Cl2FN3O2S. The van der Waals surface area contributed by atoms with Crippen LogP contribution in [0.1, 0.15) is 0 Å². The van der Waals surface area contributed by atoms with E-state index in [1.54, 1.807) is 0 Å².